The molecule has 6 nitrogen and oxygen atoms in total. The smallest absolute Gasteiger partial charge is 0.272 e. The minimum absolute atomic E-state index is 0.183. The predicted molar refractivity (Wildman–Crippen MR) is 111 cm³/mol. The van der Waals surface area contributed by atoms with Crippen LogP contribution in [0.2, 0.25) is 0 Å². The van der Waals surface area contributed by atoms with Gasteiger partial charge in [-0.3, -0.25) is 9.59 Å². The Hall–Kier alpha value is -3.03. The molecule has 0 aliphatic carbocycles. The average Bonchev–Trinajstić information content (AvgIpc) is 2.65. The van der Waals surface area contributed by atoms with Crippen LogP contribution in [0, 0.1) is 19.8 Å². The first kappa shape index (κ1) is 23.3. The number of rotatable bonds is 8. The zero-order valence-corrected chi connectivity index (χ0v) is 17.8. The third kappa shape index (κ3) is 6.50. The molecule has 162 valence electrons. The van der Waals surface area contributed by atoms with E-state index < -0.39 is 13.0 Å². The summed E-state index contributed by atoms with van der Waals surface area (Å²) in [6, 6.07) is 7.85. The summed E-state index contributed by atoms with van der Waals surface area (Å²) in [5, 5.41) is 5.61. The second-order valence-electron chi connectivity index (χ2n) is 7.44. The molecular weight excluding hydrogens is 392 g/mol. The number of anilines is 1. The molecule has 0 aliphatic heterocycles. The summed E-state index contributed by atoms with van der Waals surface area (Å²) in [5.74, 6) is -0.0307. The number of hydrogen-bond acceptors (Lipinski definition) is 4. The lowest BCUT2D eigenvalue weighted by atomic mass is 10.0. The molecule has 8 heteroatoms. The van der Waals surface area contributed by atoms with Crippen molar-refractivity contribution < 1.29 is 23.1 Å². The number of benzene rings is 1. The van der Waals surface area contributed by atoms with Crippen LogP contribution in [0.25, 0.3) is 0 Å². The maximum Gasteiger partial charge on any atom is 0.272 e. The summed E-state index contributed by atoms with van der Waals surface area (Å²) >= 11 is 0. The molecule has 1 unspecified atom stereocenters. The van der Waals surface area contributed by atoms with Gasteiger partial charge >= 0.3 is 0 Å². The van der Waals surface area contributed by atoms with Crippen LogP contribution in [-0.4, -0.2) is 29.8 Å². The van der Waals surface area contributed by atoms with Crippen molar-refractivity contribution in [2.24, 2.45) is 5.92 Å². The molecule has 1 atom stereocenters. The molecular formula is C22H27F2N3O3. The van der Waals surface area contributed by atoms with Crippen molar-refractivity contribution in [3.8, 4) is 5.75 Å². The molecule has 0 fully saturated rings. The van der Waals surface area contributed by atoms with Gasteiger partial charge in [0.15, 0.2) is 0 Å². The Morgan fingerprint density at radius 3 is 2.40 bits per heavy atom. The fraction of sp³-hybridized carbons (Fsp3) is 0.409. The lowest BCUT2D eigenvalue weighted by molar-refractivity contribution is -0.118. The highest BCUT2D eigenvalue weighted by molar-refractivity contribution is 5.97. The van der Waals surface area contributed by atoms with Gasteiger partial charge in [0.25, 0.3) is 12.3 Å². The number of carbonyl (C=O) groups excluding carboxylic acids is 2. The molecule has 1 aromatic heterocycles. The lowest BCUT2D eigenvalue weighted by Crippen LogP contribution is -2.27. The first-order chi connectivity index (χ1) is 14.1. The summed E-state index contributed by atoms with van der Waals surface area (Å²) in [4.78, 5) is 28.9. The second kappa shape index (κ2) is 10.1. The molecule has 0 saturated carbocycles. The number of nitrogens with one attached hydrogen (secondary N) is 2. The zero-order chi connectivity index (χ0) is 22.4. The normalized spacial score (nSPS) is 12.0. The molecule has 0 saturated heterocycles. The number of pyridine rings is 1. The van der Waals surface area contributed by atoms with Gasteiger partial charge in [0.2, 0.25) is 5.91 Å². The highest BCUT2D eigenvalue weighted by Crippen LogP contribution is 2.23. The molecule has 0 bridgehead atoms. The van der Waals surface area contributed by atoms with Crippen molar-refractivity contribution in [3.05, 3.63) is 52.7 Å². The van der Waals surface area contributed by atoms with Crippen molar-refractivity contribution in [2.45, 2.75) is 47.1 Å². The van der Waals surface area contributed by atoms with Gasteiger partial charge < -0.3 is 15.4 Å². The van der Waals surface area contributed by atoms with E-state index in [2.05, 4.69) is 15.6 Å². The molecule has 1 heterocycles. The van der Waals surface area contributed by atoms with Gasteiger partial charge in [0.05, 0.1) is 6.04 Å². The second-order valence-corrected chi connectivity index (χ2v) is 7.44. The third-order valence-corrected chi connectivity index (χ3v) is 4.42. The molecule has 0 radical (unpaired) electrons. The molecule has 2 N–H and O–H groups in total. The summed E-state index contributed by atoms with van der Waals surface area (Å²) < 4.78 is 29.6. The Morgan fingerprint density at radius 2 is 1.80 bits per heavy atom. The molecule has 30 heavy (non-hydrogen) atoms. The molecule has 2 rings (SSSR count). The largest absolute Gasteiger partial charge is 0.488 e. The number of aromatic nitrogens is 1. The number of alkyl halides is 2. The molecule has 2 amide bonds. The van der Waals surface area contributed by atoms with Gasteiger partial charge in [-0.25, -0.2) is 13.8 Å². The van der Waals surface area contributed by atoms with E-state index in [1.54, 1.807) is 45.0 Å². The Labute approximate surface area is 175 Å². The lowest BCUT2D eigenvalue weighted by Gasteiger charge is -2.18. The van der Waals surface area contributed by atoms with Gasteiger partial charge in [-0.2, -0.15) is 0 Å². The van der Waals surface area contributed by atoms with Crippen LogP contribution in [0.15, 0.2) is 30.3 Å². The first-order valence-corrected chi connectivity index (χ1v) is 9.68. The number of hydrogen-bond donors (Lipinski definition) is 2. The predicted octanol–water partition coefficient (Wildman–Crippen LogP) is 4.43. The van der Waals surface area contributed by atoms with Crippen molar-refractivity contribution in [1.29, 1.82) is 0 Å². The van der Waals surface area contributed by atoms with Gasteiger partial charge in [-0.1, -0.05) is 19.9 Å². The van der Waals surface area contributed by atoms with Crippen LogP contribution >= 0.6 is 0 Å². The van der Waals surface area contributed by atoms with Crippen molar-refractivity contribution in [1.82, 2.24) is 10.3 Å². The topological polar surface area (TPSA) is 80.3 Å². The fourth-order valence-corrected chi connectivity index (χ4v) is 2.88. The number of amides is 2. The monoisotopic (exact) mass is 419 g/mol. The van der Waals surface area contributed by atoms with Crippen LogP contribution < -0.4 is 15.4 Å². The number of ether oxygens (including phenoxy) is 1. The molecule has 0 spiro atoms. The van der Waals surface area contributed by atoms with Crippen molar-refractivity contribution in [3.63, 3.8) is 0 Å². The Bertz CT molecular complexity index is 916. The van der Waals surface area contributed by atoms with Crippen LogP contribution in [0.1, 0.15) is 54.0 Å². The average molecular weight is 419 g/mol. The summed E-state index contributed by atoms with van der Waals surface area (Å²) in [6.45, 7) is 8.27. The van der Waals surface area contributed by atoms with Gasteiger partial charge in [0, 0.05) is 17.2 Å². The molecule has 1 aromatic carbocycles. The highest BCUT2D eigenvalue weighted by atomic mass is 19.3. The standard InChI is InChI=1S/C22H27F2N3O3/c1-12(2)21(28)27-20-10-16(9-14(4)25-20)22(29)26-15(5)18-7-6-17(8-13(18)3)30-11-19(23)24/h6-10,12,15,19H,11H2,1-5H3,(H,26,29)(H,25,27,28). The Morgan fingerprint density at radius 1 is 1.10 bits per heavy atom. The first-order valence-electron chi connectivity index (χ1n) is 9.68. The Kier molecular flexibility index (Phi) is 7.86. The molecule has 2 aromatic rings. The number of nitrogens with zero attached hydrogens (tertiary/aromatic N) is 1. The maximum atomic E-state index is 12.7. The van der Waals surface area contributed by atoms with E-state index in [4.69, 9.17) is 4.74 Å². The van der Waals surface area contributed by atoms with E-state index in [0.717, 1.165) is 11.1 Å². The minimum Gasteiger partial charge on any atom is -0.488 e. The van der Waals surface area contributed by atoms with Gasteiger partial charge in [0.1, 0.15) is 18.2 Å². The number of halogens is 2. The van der Waals surface area contributed by atoms with E-state index in [-0.39, 0.29) is 23.8 Å². The fourth-order valence-electron chi connectivity index (χ4n) is 2.88. The third-order valence-electron chi connectivity index (χ3n) is 4.42. The van der Waals surface area contributed by atoms with Gasteiger partial charge in [-0.15, -0.1) is 0 Å². The van der Waals surface area contributed by atoms with Gasteiger partial charge in [-0.05, 0) is 56.2 Å². The van der Waals surface area contributed by atoms with Crippen molar-refractivity contribution >= 4 is 17.6 Å². The van der Waals surface area contributed by atoms with E-state index in [1.165, 1.54) is 6.07 Å². The summed E-state index contributed by atoms with van der Waals surface area (Å²) in [5.41, 5.74) is 2.63. The minimum atomic E-state index is -2.54. The van der Waals surface area contributed by atoms with Crippen LogP contribution in [-0.2, 0) is 4.79 Å². The summed E-state index contributed by atoms with van der Waals surface area (Å²) in [7, 11) is 0. The van der Waals surface area contributed by atoms with E-state index in [9.17, 15) is 18.4 Å². The summed E-state index contributed by atoms with van der Waals surface area (Å²) in [6.07, 6.45) is -2.54. The Balaban J connectivity index is 2.12. The van der Waals surface area contributed by atoms with Crippen LogP contribution in [0.4, 0.5) is 14.6 Å². The van der Waals surface area contributed by atoms with Crippen molar-refractivity contribution in [2.75, 3.05) is 11.9 Å². The number of aryl methyl sites for hydroxylation is 2. The molecule has 0 aliphatic rings. The van der Waals surface area contributed by atoms with E-state index in [1.807, 2.05) is 13.8 Å². The van der Waals surface area contributed by atoms with E-state index >= 15 is 0 Å². The highest BCUT2D eigenvalue weighted by Gasteiger charge is 2.16. The van der Waals surface area contributed by atoms with Crippen LogP contribution in [0.5, 0.6) is 5.75 Å². The van der Waals surface area contributed by atoms with Crippen LogP contribution in [0.3, 0.4) is 0 Å². The zero-order valence-electron chi connectivity index (χ0n) is 17.8. The van der Waals surface area contributed by atoms with E-state index in [0.29, 0.717) is 22.8 Å². The SMILES string of the molecule is Cc1cc(C(=O)NC(C)c2ccc(OCC(F)F)cc2C)cc(NC(=O)C(C)C)n1. The number of carbonyl (C=O) groups is 2. The maximum absolute atomic E-state index is 12.7. The quantitative estimate of drug-likeness (QED) is 0.663.